The Bertz CT molecular complexity index is 966. The van der Waals surface area contributed by atoms with E-state index < -0.39 is 0 Å². The van der Waals surface area contributed by atoms with Crippen LogP contribution in [-0.4, -0.2) is 47.0 Å². The van der Waals surface area contributed by atoms with Gasteiger partial charge in [-0.15, -0.1) is 0 Å². The van der Waals surface area contributed by atoms with E-state index in [0.29, 0.717) is 49.1 Å². The SMILES string of the molecule is CCC(C)c1nc(C)c(Cc2c(F)cccc2Cl)c(N2CCN(C(=O)C3CCC3)CC2)n1. The van der Waals surface area contributed by atoms with Crippen molar-refractivity contribution >= 4 is 23.3 Å². The first-order valence-corrected chi connectivity index (χ1v) is 12.1. The van der Waals surface area contributed by atoms with Crippen molar-refractivity contribution in [1.82, 2.24) is 14.9 Å². The average Bonchev–Trinajstić information content (AvgIpc) is 2.75. The van der Waals surface area contributed by atoms with Crippen LogP contribution in [0.2, 0.25) is 5.02 Å². The van der Waals surface area contributed by atoms with Gasteiger partial charge in [0.1, 0.15) is 17.5 Å². The molecule has 0 bridgehead atoms. The van der Waals surface area contributed by atoms with Gasteiger partial charge in [0.2, 0.25) is 5.91 Å². The number of hydrogen-bond donors (Lipinski definition) is 0. The average molecular weight is 459 g/mol. The molecule has 1 amide bonds. The Morgan fingerprint density at radius 2 is 1.91 bits per heavy atom. The quantitative estimate of drug-likeness (QED) is 0.602. The van der Waals surface area contributed by atoms with Crippen LogP contribution in [0, 0.1) is 18.7 Å². The Morgan fingerprint density at radius 3 is 2.50 bits per heavy atom. The minimum absolute atomic E-state index is 0.221. The number of benzene rings is 1. The monoisotopic (exact) mass is 458 g/mol. The first-order valence-electron chi connectivity index (χ1n) is 11.7. The first-order chi connectivity index (χ1) is 15.4. The summed E-state index contributed by atoms with van der Waals surface area (Å²) in [6, 6.07) is 4.78. The predicted octanol–water partition coefficient (Wildman–Crippen LogP) is 5.13. The second-order valence-electron chi connectivity index (χ2n) is 9.10. The highest BCUT2D eigenvalue weighted by molar-refractivity contribution is 6.31. The molecule has 2 fully saturated rings. The van der Waals surface area contributed by atoms with Gasteiger partial charge in [-0.05, 0) is 38.3 Å². The number of amides is 1. The zero-order chi connectivity index (χ0) is 22.8. The molecule has 1 saturated heterocycles. The first kappa shape index (κ1) is 23.0. The number of rotatable bonds is 6. The minimum Gasteiger partial charge on any atom is -0.353 e. The number of anilines is 1. The zero-order valence-corrected chi connectivity index (χ0v) is 20.0. The summed E-state index contributed by atoms with van der Waals surface area (Å²) in [5, 5.41) is 0.414. The molecule has 2 heterocycles. The third-order valence-corrected chi connectivity index (χ3v) is 7.38. The summed E-state index contributed by atoms with van der Waals surface area (Å²) in [5.74, 6) is 2.11. The van der Waals surface area contributed by atoms with Crippen LogP contribution in [0.15, 0.2) is 18.2 Å². The number of aromatic nitrogens is 2. The van der Waals surface area contributed by atoms with Crippen LogP contribution in [0.1, 0.15) is 68.1 Å². The summed E-state index contributed by atoms with van der Waals surface area (Å²) in [6.07, 6.45) is 4.50. The highest BCUT2D eigenvalue weighted by Gasteiger charge is 2.32. The van der Waals surface area contributed by atoms with E-state index in [4.69, 9.17) is 21.6 Å². The second kappa shape index (κ2) is 9.74. The predicted molar refractivity (Wildman–Crippen MR) is 126 cm³/mol. The molecule has 1 aliphatic carbocycles. The minimum atomic E-state index is -0.315. The van der Waals surface area contributed by atoms with Gasteiger partial charge in [0.05, 0.1) is 0 Å². The Balaban J connectivity index is 1.63. The van der Waals surface area contributed by atoms with Crippen LogP contribution in [0.5, 0.6) is 0 Å². The zero-order valence-electron chi connectivity index (χ0n) is 19.2. The molecule has 7 heteroatoms. The van der Waals surface area contributed by atoms with Crippen molar-refractivity contribution in [3.05, 3.63) is 51.7 Å². The highest BCUT2D eigenvalue weighted by atomic mass is 35.5. The van der Waals surface area contributed by atoms with Gasteiger partial charge in [0.25, 0.3) is 0 Å². The van der Waals surface area contributed by atoms with Crippen molar-refractivity contribution in [3.8, 4) is 0 Å². The summed E-state index contributed by atoms with van der Waals surface area (Å²) in [5.41, 5.74) is 2.23. The fraction of sp³-hybridized carbons (Fsp3) is 0.560. The normalized spacial score (nSPS) is 17.9. The molecule has 1 saturated carbocycles. The summed E-state index contributed by atoms with van der Waals surface area (Å²) in [7, 11) is 0. The molecule has 0 radical (unpaired) electrons. The van der Waals surface area contributed by atoms with Crippen molar-refractivity contribution < 1.29 is 9.18 Å². The lowest BCUT2D eigenvalue weighted by Gasteiger charge is -2.39. The van der Waals surface area contributed by atoms with E-state index in [9.17, 15) is 9.18 Å². The lowest BCUT2D eigenvalue weighted by atomic mass is 9.84. The standard InChI is InChI=1S/C25H32ClFN4O/c1-4-16(2)23-28-17(3)19(15-20-21(26)9-6-10-22(20)27)24(29-23)30-11-13-31(14-12-30)25(32)18-7-5-8-18/h6,9-10,16,18H,4-5,7-8,11-15H2,1-3H3. The number of piperazine rings is 1. The number of hydrogen-bond acceptors (Lipinski definition) is 4. The van der Waals surface area contributed by atoms with Crippen LogP contribution in [-0.2, 0) is 11.2 Å². The number of aryl methyl sites for hydroxylation is 1. The van der Waals surface area contributed by atoms with E-state index in [1.807, 2.05) is 11.8 Å². The van der Waals surface area contributed by atoms with Gasteiger partial charge in [-0.2, -0.15) is 0 Å². The maximum atomic E-state index is 14.6. The van der Waals surface area contributed by atoms with Gasteiger partial charge in [-0.3, -0.25) is 4.79 Å². The Labute approximate surface area is 195 Å². The summed E-state index contributed by atoms with van der Waals surface area (Å²) < 4.78 is 14.6. The maximum absolute atomic E-state index is 14.6. The van der Waals surface area contributed by atoms with Crippen molar-refractivity contribution in [2.24, 2.45) is 5.92 Å². The van der Waals surface area contributed by atoms with Gasteiger partial charge in [-0.1, -0.05) is 37.9 Å². The smallest absolute Gasteiger partial charge is 0.225 e. The van der Waals surface area contributed by atoms with Crippen molar-refractivity contribution in [2.45, 2.75) is 58.8 Å². The molecular weight excluding hydrogens is 427 g/mol. The van der Waals surface area contributed by atoms with E-state index in [0.717, 1.165) is 48.6 Å². The third-order valence-electron chi connectivity index (χ3n) is 7.02. The van der Waals surface area contributed by atoms with Gasteiger partial charge >= 0.3 is 0 Å². The molecule has 2 aliphatic rings. The lowest BCUT2D eigenvalue weighted by Crippen LogP contribution is -2.51. The number of carbonyl (C=O) groups excluding carboxylic acids is 1. The van der Waals surface area contributed by atoms with E-state index in [2.05, 4.69) is 18.7 Å². The lowest BCUT2D eigenvalue weighted by molar-refractivity contribution is -0.138. The molecule has 0 N–H and O–H groups in total. The fourth-order valence-electron chi connectivity index (χ4n) is 4.40. The summed E-state index contributed by atoms with van der Waals surface area (Å²) in [4.78, 5) is 26.6. The van der Waals surface area contributed by atoms with E-state index in [-0.39, 0.29) is 17.7 Å². The third kappa shape index (κ3) is 4.61. The molecular formula is C25H32ClFN4O. The molecule has 1 aromatic heterocycles. The molecule has 172 valence electrons. The van der Waals surface area contributed by atoms with Crippen LogP contribution < -0.4 is 4.90 Å². The molecule has 4 rings (SSSR count). The second-order valence-corrected chi connectivity index (χ2v) is 9.50. The van der Waals surface area contributed by atoms with Crippen molar-refractivity contribution in [2.75, 3.05) is 31.1 Å². The van der Waals surface area contributed by atoms with Crippen LogP contribution in [0.25, 0.3) is 0 Å². The number of halogens is 2. The largest absolute Gasteiger partial charge is 0.353 e. The van der Waals surface area contributed by atoms with Crippen LogP contribution in [0.4, 0.5) is 10.2 Å². The molecule has 5 nitrogen and oxygen atoms in total. The molecule has 32 heavy (non-hydrogen) atoms. The molecule has 1 unspecified atom stereocenters. The number of carbonyl (C=O) groups is 1. The van der Waals surface area contributed by atoms with Gasteiger partial charge in [-0.25, -0.2) is 14.4 Å². The van der Waals surface area contributed by atoms with E-state index in [1.165, 1.54) is 6.07 Å². The molecule has 0 spiro atoms. The van der Waals surface area contributed by atoms with Crippen molar-refractivity contribution in [3.63, 3.8) is 0 Å². The Morgan fingerprint density at radius 1 is 1.19 bits per heavy atom. The molecule has 1 atom stereocenters. The van der Waals surface area contributed by atoms with Gasteiger partial charge in [0, 0.05) is 66.3 Å². The summed E-state index contributed by atoms with van der Waals surface area (Å²) in [6.45, 7) is 9.03. The highest BCUT2D eigenvalue weighted by Crippen LogP contribution is 2.32. The van der Waals surface area contributed by atoms with Gasteiger partial charge < -0.3 is 9.80 Å². The molecule has 1 aliphatic heterocycles. The Kier molecular flexibility index (Phi) is 6.99. The maximum Gasteiger partial charge on any atom is 0.225 e. The van der Waals surface area contributed by atoms with Gasteiger partial charge in [0.15, 0.2) is 0 Å². The molecule has 2 aromatic rings. The van der Waals surface area contributed by atoms with Crippen LogP contribution >= 0.6 is 11.6 Å². The van der Waals surface area contributed by atoms with E-state index >= 15 is 0 Å². The number of nitrogens with zero attached hydrogens (tertiary/aromatic N) is 4. The molecule has 1 aromatic carbocycles. The van der Waals surface area contributed by atoms with Crippen molar-refractivity contribution in [1.29, 1.82) is 0 Å². The summed E-state index contributed by atoms with van der Waals surface area (Å²) >= 11 is 6.34. The van der Waals surface area contributed by atoms with Crippen LogP contribution in [0.3, 0.4) is 0 Å². The topological polar surface area (TPSA) is 49.3 Å². The fourth-order valence-corrected chi connectivity index (χ4v) is 4.63. The Hall–Kier alpha value is -2.21. The van der Waals surface area contributed by atoms with E-state index in [1.54, 1.807) is 12.1 Å².